The van der Waals surface area contributed by atoms with Crippen LogP contribution in [0.4, 0.5) is 10.5 Å². The van der Waals surface area contributed by atoms with E-state index in [1.54, 1.807) is 37.3 Å². The lowest BCUT2D eigenvalue weighted by Crippen LogP contribution is -2.31. The third-order valence-electron chi connectivity index (χ3n) is 2.72. The summed E-state index contributed by atoms with van der Waals surface area (Å²) in [7, 11) is 0. The number of amides is 2. The van der Waals surface area contributed by atoms with Crippen molar-refractivity contribution in [3.8, 4) is 12.1 Å². The molecule has 0 bridgehead atoms. The van der Waals surface area contributed by atoms with Gasteiger partial charge in [-0.3, -0.25) is 4.79 Å². The highest BCUT2D eigenvalue weighted by Gasteiger charge is 2.11. The van der Waals surface area contributed by atoms with Crippen LogP contribution in [0, 0.1) is 22.7 Å². The number of nitriles is 2. The molecule has 0 aliphatic rings. The highest BCUT2D eigenvalue weighted by Crippen LogP contribution is 2.14. The van der Waals surface area contributed by atoms with E-state index < -0.39 is 12.0 Å². The number of carbonyl (C=O) groups is 2. The average Bonchev–Trinajstić information content (AvgIpc) is 2.58. The second-order valence-electron chi connectivity index (χ2n) is 4.38. The van der Waals surface area contributed by atoms with Crippen molar-refractivity contribution >= 4 is 17.7 Å². The Kier molecular flexibility index (Phi) is 7.91. The maximum absolute atomic E-state index is 12.0. The Hall–Kier alpha value is -3.52. The molecule has 124 valence electrons. The number of anilines is 1. The van der Waals surface area contributed by atoms with Crippen LogP contribution in [0.25, 0.3) is 0 Å². The Labute approximate surface area is 139 Å². The van der Waals surface area contributed by atoms with E-state index in [9.17, 15) is 9.59 Å². The Balaban J connectivity index is 2.53. The molecule has 1 aromatic rings. The molecule has 0 fully saturated rings. The lowest BCUT2D eigenvalue weighted by atomic mass is 10.2. The summed E-state index contributed by atoms with van der Waals surface area (Å²) in [5.74, 6) is -0.633. The highest BCUT2D eigenvalue weighted by atomic mass is 16.5. The predicted octanol–water partition coefficient (Wildman–Crippen LogP) is 1.24. The molecular formula is C16H17N5O3. The van der Waals surface area contributed by atoms with Crippen LogP contribution in [0.1, 0.15) is 12.5 Å². The molecule has 2 amide bonds. The zero-order valence-electron chi connectivity index (χ0n) is 13.1. The van der Waals surface area contributed by atoms with Crippen LogP contribution in [0.3, 0.4) is 0 Å². The normalized spacial score (nSPS) is 10.0. The lowest BCUT2D eigenvalue weighted by molar-refractivity contribution is -0.112. The zero-order valence-corrected chi connectivity index (χ0v) is 13.1. The third kappa shape index (κ3) is 6.08. The van der Waals surface area contributed by atoms with Crippen molar-refractivity contribution in [1.82, 2.24) is 10.6 Å². The summed E-state index contributed by atoms with van der Waals surface area (Å²) >= 11 is 0. The first-order valence-electron chi connectivity index (χ1n) is 7.17. The van der Waals surface area contributed by atoms with Crippen molar-refractivity contribution in [1.29, 1.82) is 10.5 Å². The van der Waals surface area contributed by atoms with Gasteiger partial charge in [0, 0.05) is 19.3 Å². The number of para-hydroxylation sites is 1. The molecule has 0 aliphatic heterocycles. The van der Waals surface area contributed by atoms with Crippen LogP contribution in [-0.4, -0.2) is 31.7 Å². The molecule has 3 N–H and O–H groups in total. The third-order valence-corrected chi connectivity index (χ3v) is 2.72. The number of nitrogens with one attached hydrogen (secondary N) is 3. The molecule has 0 aromatic heterocycles. The van der Waals surface area contributed by atoms with Crippen molar-refractivity contribution in [2.45, 2.75) is 6.92 Å². The number of rotatable bonds is 7. The van der Waals surface area contributed by atoms with Crippen LogP contribution in [0.2, 0.25) is 0 Å². The van der Waals surface area contributed by atoms with Gasteiger partial charge in [-0.15, -0.1) is 0 Å². The van der Waals surface area contributed by atoms with E-state index in [1.165, 1.54) is 6.20 Å². The summed E-state index contributed by atoms with van der Waals surface area (Å²) in [5, 5.41) is 25.8. The van der Waals surface area contributed by atoms with Gasteiger partial charge in [-0.25, -0.2) is 4.79 Å². The van der Waals surface area contributed by atoms with Crippen molar-refractivity contribution in [3.63, 3.8) is 0 Å². The maximum Gasteiger partial charge on any atom is 0.407 e. The fourth-order valence-electron chi connectivity index (χ4n) is 1.62. The fraction of sp³-hybridized carbons (Fsp3) is 0.250. The Morgan fingerprint density at radius 3 is 2.67 bits per heavy atom. The van der Waals surface area contributed by atoms with Gasteiger partial charge in [0.15, 0.2) is 0 Å². The summed E-state index contributed by atoms with van der Waals surface area (Å²) in [6, 6.07) is 10.2. The van der Waals surface area contributed by atoms with Gasteiger partial charge in [0.05, 0.1) is 17.9 Å². The minimum absolute atomic E-state index is 0.154. The number of benzene rings is 1. The number of alkyl carbamates (subject to hydrolysis) is 1. The van der Waals surface area contributed by atoms with Gasteiger partial charge >= 0.3 is 6.09 Å². The molecule has 0 atom stereocenters. The van der Waals surface area contributed by atoms with E-state index in [0.717, 1.165) is 0 Å². The van der Waals surface area contributed by atoms with E-state index in [0.29, 0.717) is 17.8 Å². The number of hydrogen-bond donors (Lipinski definition) is 3. The van der Waals surface area contributed by atoms with Gasteiger partial charge in [0.2, 0.25) is 0 Å². The molecule has 0 heterocycles. The summed E-state index contributed by atoms with van der Waals surface area (Å²) in [6.07, 6.45) is 0.714. The van der Waals surface area contributed by atoms with E-state index in [-0.39, 0.29) is 18.7 Å². The van der Waals surface area contributed by atoms with Gasteiger partial charge in [0.25, 0.3) is 5.91 Å². The molecule has 0 radical (unpaired) electrons. The van der Waals surface area contributed by atoms with Crippen molar-refractivity contribution in [3.05, 3.63) is 41.6 Å². The molecule has 0 spiro atoms. The second-order valence-corrected chi connectivity index (χ2v) is 4.38. The number of ether oxygens (including phenoxy) is 1. The molecule has 0 unspecified atom stereocenters. The van der Waals surface area contributed by atoms with E-state index in [4.69, 9.17) is 10.5 Å². The molecule has 1 aromatic carbocycles. The number of hydrogen-bond acceptors (Lipinski definition) is 6. The van der Waals surface area contributed by atoms with Gasteiger partial charge in [-0.2, -0.15) is 10.5 Å². The molecule has 1 rings (SSSR count). The highest BCUT2D eigenvalue weighted by molar-refractivity contribution is 6.07. The zero-order chi connectivity index (χ0) is 17.8. The Morgan fingerprint density at radius 1 is 1.25 bits per heavy atom. The quantitative estimate of drug-likeness (QED) is 0.393. The van der Waals surface area contributed by atoms with Gasteiger partial charge in [0.1, 0.15) is 17.7 Å². The smallest absolute Gasteiger partial charge is 0.407 e. The van der Waals surface area contributed by atoms with E-state index in [2.05, 4.69) is 20.7 Å². The van der Waals surface area contributed by atoms with Crippen molar-refractivity contribution in [2.75, 3.05) is 25.0 Å². The maximum atomic E-state index is 12.0. The molecule has 8 heteroatoms. The van der Waals surface area contributed by atoms with Crippen LogP contribution >= 0.6 is 0 Å². The number of nitrogens with zero attached hydrogens (tertiary/aromatic N) is 2. The topological polar surface area (TPSA) is 127 Å². The summed E-state index contributed by atoms with van der Waals surface area (Å²) in [6.45, 7) is 2.56. The van der Waals surface area contributed by atoms with Gasteiger partial charge in [-0.1, -0.05) is 12.1 Å². The monoisotopic (exact) mass is 327 g/mol. The van der Waals surface area contributed by atoms with Gasteiger partial charge < -0.3 is 20.7 Å². The van der Waals surface area contributed by atoms with Crippen LogP contribution in [-0.2, 0) is 9.53 Å². The molecule has 0 saturated carbocycles. The number of carbonyl (C=O) groups excluding carboxylic acids is 2. The summed E-state index contributed by atoms with van der Waals surface area (Å²) in [4.78, 5) is 23.1. The van der Waals surface area contributed by atoms with E-state index >= 15 is 0 Å². The standard InChI is InChI=1S/C16H17N5O3/c1-2-24-16(23)20-8-7-19-11-13(10-18)15(22)21-14-6-4-3-5-12(14)9-17/h3-6,11,19H,2,7-8H2,1H3,(H,20,23)(H,21,22)/b13-11-. The van der Waals surface area contributed by atoms with Crippen molar-refractivity contribution in [2.24, 2.45) is 0 Å². The molecule has 0 saturated heterocycles. The summed E-state index contributed by atoms with van der Waals surface area (Å²) < 4.78 is 4.68. The first-order valence-corrected chi connectivity index (χ1v) is 7.17. The minimum atomic E-state index is -0.633. The van der Waals surface area contributed by atoms with Gasteiger partial charge in [-0.05, 0) is 19.1 Å². The first kappa shape index (κ1) is 18.5. The fourth-order valence-corrected chi connectivity index (χ4v) is 1.62. The first-order chi connectivity index (χ1) is 11.6. The predicted molar refractivity (Wildman–Crippen MR) is 86.5 cm³/mol. The average molecular weight is 327 g/mol. The van der Waals surface area contributed by atoms with Crippen LogP contribution in [0.5, 0.6) is 0 Å². The molecule has 8 nitrogen and oxygen atoms in total. The van der Waals surface area contributed by atoms with E-state index in [1.807, 2.05) is 6.07 Å². The SMILES string of the molecule is CCOC(=O)NCCN/C=C(/C#N)C(=O)Nc1ccccc1C#N. The molecular weight excluding hydrogens is 310 g/mol. The molecule has 0 aliphatic carbocycles. The largest absolute Gasteiger partial charge is 0.450 e. The Morgan fingerprint density at radius 2 is 2.00 bits per heavy atom. The van der Waals surface area contributed by atoms with Crippen LogP contribution in [0.15, 0.2) is 36.0 Å². The minimum Gasteiger partial charge on any atom is -0.450 e. The molecule has 24 heavy (non-hydrogen) atoms. The lowest BCUT2D eigenvalue weighted by Gasteiger charge is -2.07. The van der Waals surface area contributed by atoms with Crippen molar-refractivity contribution < 1.29 is 14.3 Å². The summed E-state index contributed by atoms with van der Waals surface area (Å²) in [5.41, 5.74) is 0.476. The second kappa shape index (κ2) is 10.2. The Bertz CT molecular complexity index is 700. The van der Waals surface area contributed by atoms with Crippen LogP contribution < -0.4 is 16.0 Å².